The molecule has 0 saturated heterocycles. The van der Waals surface area contributed by atoms with E-state index in [2.05, 4.69) is 18.8 Å². The fourth-order valence-corrected chi connectivity index (χ4v) is 1.80. The number of carboxylic acids is 1. The van der Waals surface area contributed by atoms with Gasteiger partial charge >= 0.3 is 5.97 Å². The Balaban J connectivity index is 3.07. The Kier molecular flexibility index (Phi) is 3.52. The van der Waals surface area contributed by atoms with Gasteiger partial charge in [0, 0.05) is 18.2 Å². The van der Waals surface area contributed by atoms with Crippen LogP contribution in [0.15, 0.2) is 6.07 Å². The molecule has 0 aliphatic rings. The lowest BCUT2D eigenvalue weighted by Crippen LogP contribution is -2.19. The molecule has 0 aliphatic heterocycles. The third kappa shape index (κ3) is 2.39. The second kappa shape index (κ2) is 4.49. The van der Waals surface area contributed by atoms with Gasteiger partial charge in [-0.2, -0.15) is 0 Å². The molecule has 15 heavy (non-hydrogen) atoms. The molecule has 0 saturated carbocycles. The molecular formula is C11H18N2O2. The largest absolute Gasteiger partial charge is 0.477 e. The van der Waals surface area contributed by atoms with Crippen molar-refractivity contribution in [2.45, 2.75) is 26.7 Å². The van der Waals surface area contributed by atoms with Crippen molar-refractivity contribution in [1.82, 2.24) is 4.98 Å². The fourth-order valence-electron chi connectivity index (χ4n) is 1.80. The lowest BCUT2D eigenvalue weighted by molar-refractivity contribution is 0.0691. The van der Waals surface area contributed by atoms with Crippen LogP contribution in [0.3, 0.4) is 0 Å². The molecule has 0 bridgehead atoms. The number of rotatable bonds is 4. The van der Waals surface area contributed by atoms with Crippen LogP contribution >= 0.6 is 0 Å². The summed E-state index contributed by atoms with van der Waals surface area (Å²) in [5.74, 6) is -0.337. The number of carbonyl (C=O) groups is 1. The van der Waals surface area contributed by atoms with Crippen LogP contribution in [0.1, 0.15) is 41.5 Å². The van der Waals surface area contributed by atoms with E-state index < -0.39 is 5.97 Å². The summed E-state index contributed by atoms with van der Waals surface area (Å²) in [5.41, 5.74) is 7.85. The van der Waals surface area contributed by atoms with Crippen LogP contribution < -0.4 is 5.73 Å². The Labute approximate surface area is 89.5 Å². The number of hydrogen-bond donors (Lipinski definition) is 3. The first-order chi connectivity index (χ1) is 6.97. The van der Waals surface area contributed by atoms with E-state index in [0.29, 0.717) is 12.5 Å². The number of carboxylic acid groups (broad SMARTS) is 1. The predicted octanol–water partition coefficient (Wildman–Crippen LogP) is 1.72. The van der Waals surface area contributed by atoms with E-state index in [4.69, 9.17) is 10.8 Å². The normalized spacial score (nSPS) is 13.1. The molecule has 1 aromatic heterocycles. The highest BCUT2D eigenvalue weighted by atomic mass is 16.4. The number of aromatic amines is 1. The maximum absolute atomic E-state index is 10.8. The van der Waals surface area contributed by atoms with Crippen LogP contribution in [0.25, 0.3) is 0 Å². The lowest BCUT2D eigenvalue weighted by atomic mass is 9.91. The second-order valence-electron chi connectivity index (χ2n) is 4.17. The van der Waals surface area contributed by atoms with Gasteiger partial charge in [0.25, 0.3) is 0 Å². The van der Waals surface area contributed by atoms with Crippen molar-refractivity contribution in [1.29, 1.82) is 0 Å². The molecule has 0 spiro atoms. The van der Waals surface area contributed by atoms with E-state index in [1.54, 1.807) is 6.07 Å². The zero-order valence-corrected chi connectivity index (χ0v) is 9.37. The van der Waals surface area contributed by atoms with Crippen LogP contribution in [-0.2, 0) is 0 Å². The molecule has 1 aromatic rings. The monoisotopic (exact) mass is 210 g/mol. The van der Waals surface area contributed by atoms with Crippen LogP contribution in [0.4, 0.5) is 0 Å². The van der Waals surface area contributed by atoms with Gasteiger partial charge in [-0.15, -0.1) is 0 Å². The number of nitrogens with one attached hydrogen (secondary N) is 1. The van der Waals surface area contributed by atoms with E-state index in [0.717, 1.165) is 11.3 Å². The van der Waals surface area contributed by atoms with Gasteiger partial charge in [0.1, 0.15) is 5.69 Å². The quantitative estimate of drug-likeness (QED) is 0.708. The smallest absolute Gasteiger partial charge is 0.352 e. The van der Waals surface area contributed by atoms with E-state index in [9.17, 15) is 4.79 Å². The summed E-state index contributed by atoms with van der Waals surface area (Å²) in [5, 5.41) is 8.85. The summed E-state index contributed by atoms with van der Waals surface area (Å²) >= 11 is 0. The van der Waals surface area contributed by atoms with Crippen molar-refractivity contribution in [3.8, 4) is 0 Å². The average Bonchev–Trinajstić information content (AvgIpc) is 2.49. The molecule has 0 fully saturated rings. The standard InChI is InChI=1S/C11H18N2O2/c1-6(2)8(5-12)10-7(3)4-9(13-10)11(14)15/h4,6,8,13H,5,12H2,1-3H3,(H,14,15). The molecule has 4 heteroatoms. The minimum atomic E-state index is -0.927. The summed E-state index contributed by atoms with van der Waals surface area (Å²) in [6.07, 6.45) is 0. The Morgan fingerprint density at radius 1 is 1.60 bits per heavy atom. The highest BCUT2D eigenvalue weighted by Gasteiger charge is 2.20. The summed E-state index contributed by atoms with van der Waals surface area (Å²) in [4.78, 5) is 13.7. The molecule has 1 atom stereocenters. The van der Waals surface area contributed by atoms with Gasteiger partial charge in [-0.25, -0.2) is 4.79 Å². The van der Waals surface area contributed by atoms with Gasteiger partial charge < -0.3 is 15.8 Å². The average molecular weight is 210 g/mol. The Hall–Kier alpha value is -1.29. The molecule has 4 nitrogen and oxygen atoms in total. The molecule has 84 valence electrons. The molecule has 0 amide bonds. The Morgan fingerprint density at radius 3 is 2.53 bits per heavy atom. The first kappa shape index (κ1) is 11.8. The first-order valence-electron chi connectivity index (χ1n) is 5.10. The van der Waals surface area contributed by atoms with Gasteiger partial charge in [-0.1, -0.05) is 13.8 Å². The van der Waals surface area contributed by atoms with Crippen molar-refractivity contribution in [3.05, 3.63) is 23.0 Å². The SMILES string of the molecule is Cc1cc(C(=O)O)[nH]c1C(CN)C(C)C. The van der Waals surface area contributed by atoms with Crippen molar-refractivity contribution in [3.63, 3.8) is 0 Å². The van der Waals surface area contributed by atoms with Gasteiger partial charge in [-0.3, -0.25) is 0 Å². The maximum Gasteiger partial charge on any atom is 0.352 e. The second-order valence-corrected chi connectivity index (χ2v) is 4.17. The topological polar surface area (TPSA) is 79.1 Å². The number of H-pyrrole nitrogens is 1. The number of aryl methyl sites for hydroxylation is 1. The summed E-state index contributed by atoms with van der Waals surface area (Å²) in [7, 11) is 0. The third-order valence-electron chi connectivity index (χ3n) is 2.71. The molecule has 0 aliphatic carbocycles. The number of nitrogens with two attached hydrogens (primary N) is 1. The van der Waals surface area contributed by atoms with E-state index in [1.807, 2.05) is 6.92 Å². The molecule has 1 unspecified atom stereocenters. The van der Waals surface area contributed by atoms with Crippen LogP contribution in [0.2, 0.25) is 0 Å². The van der Waals surface area contributed by atoms with Crippen molar-refractivity contribution >= 4 is 5.97 Å². The summed E-state index contributed by atoms with van der Waals surface area (Å²) < 4.78 is 0. The first-order valence-corrected chi connectivity index (χ1v) is 5.10. The summed E-state index contributed by atoms with van der Waals surface area (Å²) in [6.45, 7) is 6.60. The zero-order chi connectivity index (χ0) is 11.6. The zero-order valence-electron chi connectivity index (χ0n) is 9.37. The van der Waals surface area contributed by atoms with Gasteiger partial charge in [0.2, 0.25) is 0 Å². The molecule has 1 heterocycles. The Morgan fingerprint density at radius 2 is 2.20 bits per heavy atom. The minimum Gasteiger partial charge on any atom is -0.477 e. The van der Waals surface area contributed by atoms with Crippen molar-refractivity contribution in [2.24, 2.45) is 11.7 Å². The van der Waals surface area contributed by atoms with Crippen LogP contribution in [0.5, 0.6) is 0 Å². The number of hydrogen-bond acceptors (Lipinski definition) is 2. The predicted molar refractivity (Wildman–Crippen MR) is 59.1 cm³/mol. The fraction of sp³-hybridized carbons (Fsp3) is 0.545. The van der Waals surface area contributed by atoms with Gasteiger partial charge in [0.05, 0.1) is 0 Å². The highest BCUT2D eigenvalue weighted by molar-refractivity contribution is 5.86. The van der Waals surface area contributed by atoms with Gasteiger partial charge in [-0.05, 0) is 24.5 Å². The highest BCUT2D eigenvalue weighted by Crippen LogP contribution is 2.25. The van der Waals surface area contributed by atoms with Crippen LogP contribution in [-0.4, -0.2) is 22.6 Å². The Bertz CT molecular complexity index is 355. The number of aromatic carboxylic acids is 1. The van der Waals surface area contributed by atoms with Gasteiger partial charge in [0.15, 0.2) is 0 Å². The molecule has 0 aromatic carbocycles. The van der Waals surface area contributed by atoms with E-state index in [1.165, 1.54) is 0 Å². The minimum absolute atomic E-state index is 0.193. The number of aromatic nitrogens is 1. The molecule has 0 radical (unpaired) electrons. The lowest BCUT2D eigenvalue weighted by Gasteiger charge is -2.18. The molecule has 1 rings (SSSR count). The molecule has 4 N–H and O–H groups in total. The van der Waals surface area contributed by atoms with E-state index in [-0.39, 0.29) is 11.6 Å². The van der Waals surface area contributed by atoms with Crippen molar-refractivity contribution < 1.29 is 9.90 Å². The summed E-state index contributed by atoms with van der Waals surface area (Å²) in [6, 6.07) is 1.66. The maximum atomic E-state index is 10.8. The van der Waals surface area contributed by atoms with Crippen LogP contribution in [0, 0.1) is 12.8 Å². The third-order valence-corrected chi connectivity index (χ3v) is 2.71. The van der Waals surface area contributed by atoms with E-state index >= 15 is 0 Å². The van der Waals surface area contributed by atoms with Crippen molar-refractivity contribution in [2.75, 3.05) is 6.54 Å². The molecular weight excluding hydrogens is 192 g/mol.